The van der Waals surface area contributed by atoms with Crippen molar-refractivity contribution < 1.29 is 4.79 Å². The number of fused-ring (bicyclic) bond motifs is 1. The summed E-state index contributed by atoms with van der Waals surface area (Å²) in [4.78, 5) is 14.1. The van der Waals surface area contributed by atoms with Gasteiger partial charge in [-0.1, -0.05) is 30.7 Å². The van der Waals surface area contributed by atoms with Crippen LogP contribution in [0.2, 0.25) is 0 Å². The molecule has 0 bridgehead atoms. The summed E-state index contributed by atoms with van der Waals surface area (Å²) >= 11 is 0. The fraction of sp³-hybridized carbons (Fsp3) is 0.533. The molecule has 17 heavy (non-hydrogen) atoms. The molecular weight excluding hydrogens is 210 g/mol. The fourth-order valence-corrected chi connectivity index (χ4v) is 3.35. The molecule has 1 aromatic carbocycles. The van der Waals surface area contributed by atoms with Gasteiger partial charge >= 0.3 is 0 Å². The van der Waals surface area contributed by atoms with Gasteiger partial charge in [0.2, 0.25) is 0 Å². The summed E-state index contributed by atoms with van der Waals surface area (Å²) in [5.74, 6) is 0. The van der Waals surface area contributed by atoms with Crippen molar-refractivity contribution in [2.24, 2.45) is 0 Å². The molecule has 0 amide bonds. The van der Waals surface area contributed by atoms with Crippen LogP contribution in [0.5, 0.6) is 0 Å². The van der Waals surface area contributed by atoms with Gasteiger partial charge in [0.15, 0.2) is 0 Å². The molecular formula is C15H19NO. The van der Waals surface area contributed by atoms with Crippen molar-refractivity contribution >= 4 is 6.29 Å². The number of hydrogen-bond donors (Lipinski definition) is 0. The number of piperidine rings is 1. The molecule has 1 aliphatic heterocycles. The summed E-state index contributed by atoms with van der Waals surface area (Å²) in [5.41, 5.74) is 2.50. The van der Waals surface area contributed by atoms with E-state index in [1.807, 2.05) is 0 Å². The van der Waals surface area contributed by atoms with E-state index in [1.165, 1.54) is 36.7 Å². The number of carbonyl (C=O) groups is 1. The van der Waals surface area contributed by atoms with Crippen LogP contribution >= 0.6 is 0 Å². The summed E-state index contributed by atoms with van der Waals surface area (Å²) in [6, 6.07) is 8.50. The van der Waals surface area contributed by atoms with E-state index < -0.39 is 0 Å². The monoisotopic (exact) mass is 229 g/mol. The molecule has 1 aliphatic carbocycles. The van der Waals surface area contributed by atoms with Crippen LogP contribution in [0, 0.1) is 0 Å². The van der Waals surface area contributed by atoms with E-state index in [9.17, 15) is 4.79 Å². The Kier molecular flexibility index (Phi) is 2.75. The zero-order valence-corrected chi connectivity index (χ0v) is 10.2. The minimum Gasteiger partial charge on any atom is -0.301 e. The molecule has 2 heteroatoms. The molecule has 0 unspecified atom stereocenters. The second kappa shape index (κ2) is 4.26. The molecule has 90 valence electrons. The van der Waals surface area contributed by atoms with Gasteiger partial charge in [-0.15, -0.1) is 0 Å². The Bertz CT molecular complexity index is 396. The zero-order chi connectivity index (χ0) is 11.7. The summed E-state index contributed by atoms with van der Waals surface area (Å²) in [6.07, 6.45) is 6.83. The van der Waals surface area contributed by atoms with E-state index in [4.69, 9.17) is 0 Å². The van der Waals surface area contributed by atoms with E-state index >= 15 is 0 Å². The van der Waals surface area contributed by atoms with Crippen LogP contribution in [0.4, 0.5) is 0 Å². The molecule has 0 radical (unpaired) electrons. The average Bonchev–Trinajstić information content (AvgIpc) is 2.79. The number of nitrogens with zero attached hydrogens (tertiary/aromatic N) is 1. The third kappa shape index (κ3) is 1.81. The lowest BCUT2D eigenvalue weighted by Crippen LogP contribution is -2.53. The van der Waals surface area contributed by atoms with Crippen LogP contribution in [0.1, 0.15) is 30.4 Å². The maximum absolute atomic E-state index is 11.7. The van der Waals surface area contributed by atoms with Crippen molar-refractivity contribution in [2.75, 3.05) is 13.1 Å². The molecule has 3 rings (SSSR count). The van der Waals surface area contributed by atoms with Crippen LogP contribution in [0.3, 0.4) is 0 Å². The maximum Gasteiger partial charge on any atom is 0.140 e. The molecule has 0 atom stereocenters. The second-order valence-electron chi connectivity index (χ2n) is 5.39. The number of hydrogen-bond acceptors (Lipinski definition) is 2. The maximum atomic E-state index is 11.7. The second-order valence-corrected chi connectivity index (χ2v) is 5.39. The normalized spacial score (nSPS) is 23.3. The molecule has 1 heterocycles. The van der Waals surface area contributed by atoms with E-state index in [0.717, 1.165) is 25.9 Å². The zero-order valence-electron chi connectivity index (χ0n) is 10.2. The van der Waals surface area contributed by atoms with Gasteiger partial charge in [-0.25, -0.2) is 0 Å². The van der Waals surface area contributed by atoms with Crippen molar-refractivity contribution in [1.82, 2.24) is 4.90 Å². The summed E-state index contributed by atoms with van der Waals surface area (Å²) in [7, 11) is 0. The molecule has 1 saturated heterocycles. The van der Waals surface area contributed by atoms with Crippen LogP contribution in [-0.4, -0.2) is 29.8 Å². The molecule has 2 nitrogen and oxygen atoms in total. The highest BCUT2D eigenvalue weighted by atomic mass is 16.1. The quantitative estimate of drug-likeness (QED) is 0.725. The van der Waals surface area contributed by atoms with Crippen LogP contribution in [-0.2, 0) is 17.6 Å². The highest BCUT2D eigenvalue weighted by Crippen LogP contribution is 2.34. The van der Waals surface area contributed by atoms with Gasteiger partial charge in [0, 0.05) is 0 Å². The molecule has 0 saturated carbocycles. The highest BCUT2D eigenvalue weighted by Gasteiger charge is 2.42. The Morgan fingerprint density at radius 1 is 1.00 bits per heavy atom. The SMILES string of the molecule is O=CC1(N2CCCCC2)Cc2ccccc2C1. The number of carbonyl (C=O) groups excluding carboxylic acids is 1. The number of rotatable bonds is 2. The number of benzene rings is 1. The van der Waals surface area contributed by atoms with Gasteiger partial charge < -0.3 is 4.79 Å². The predicted octanol–water partition coefficient (Wildman–Crippen LogP) is 2.21. The number of likely N-dealkylation sites (tertiary alicyclic amines) is 1. The van der Waals surface area contributed by atoms with Gasteiger partial charge in [-0.3, -0.25) is 4.90 Å². The Morgan fingerprint density at radius 2 is 1.59 bits per heavy atom. The first kappa shape index (κ1) is 11.0. The van der Waals surface area contributed by atoms with Crippen molar-refractivity contribution in [2.45, 2.75) is 37.6 Å². The topological polar surface area (TPSA) is 20.3 Å². The van der Waals surface area contributed by atoms with Crippen molar-refractivity contribution in [3.05, 3.63) is 35.4 Å². The molecule has 1 fully saturated rings. The van der Waals surface area contributed by atoms with E-state index in [-0.39, 0.29) is 5.54 Å². The minimum atomic E-state index is -0.232. The van der Waals surface area contributed by atoms with Crippen molar-refractivity contribution in [3.8, 4) is 0 Å². The standard InChI is InChI=1S/C15H19NO/c17-12-15(16-8-4-1-5-9-16)10-13-6-2-3-7-14(13)11-15/h2-3,6-7,12H,1,4-5,8-11H2. The smallest absolute Gasteiger partial charge is 0.140 e. The van der Waals surface area contributed by atoms with Gasteiger partial charge in [0.1, 0.15) is 6.29 Å². The lowest BCUT2D eigenvalue weighted by atomic mass is 9.92. The fourth-order valence-electron chi connectivity index (χ4n) is 3.35. The Labute approximate surface area is 103 Å². The first-order valence-corrected chi connectivity index (χ1v) is 6.62. The van der Waals surface area contributed by atoms with Gasteiger partial charge in [-0.05, 0) is 49.9 Å². The summed E-state index contributed by atoms with van der Waals surface area (Å²) < 4.78 is 0. The molecule has 0 aromatic heterocycles. The van der Waals surface area contributed by atoms with Crippen LogP contribution in [0.25, 0.3) is 0 Å². The third-order valence-corrected chi connectivity index (χ3v) is 4.32. The third-order valence-electron chi connectivity index (χ3n) is 4.32. The van der Waals surface area contributed by atoms with Gasteiger partial charge in [0.05, 0.1) is 5.54 Å². The minimum absolute atomic E-state index is 0.232. The van der Waals surface area contributed by atoms with E-state index in [0.29, 0.717) is 0 Å². The Hall–Kier alpha value is -1.15. The first-order chi connectivity index (χ1) is 8.34. The molecule has 0 N–H and O–H groups in total. The lowest BCUT2D eigenvalue weighted by molar-refractivity contribution is -0.119. The first-order valence-electron chi connectivity index (χ1n) is 6.62. The van der Waals surface area contributed by atoms with Crippen molar-refractivity contribution in [1.29, 1.82) is 0 Å². The molecule has 2 aliphatic rings. The van der Waals surface area contributed by atoms with Crippen LogP contribution < -0.4 is 0 Å². The Morgan fingerprint density at radius 3 is 2.12 bits per heavy atom. The largest absolute Gasteiger partial charge is 0.301 e. The van der Waals surface area contributed by atoms with E-state index in [1.54, 1.807) is 0 Å². The van der Waals surface area contributed by atoms with Crippen molar-refractivity contribution in [3.63, 3.8) is 0 Å². The predicted molar refractivity (Wildman–Crippen MR) is 68.1 cm³/mol. The summed E-state index contributed by atoms with van der Waals surface area (Å²) in [5, 5.41) is 0. The van der Waals surface area contributed by atoms with Gasteiger partial charge in [0.25, 0.3) is 0 Å². The summed E-state index contributed by atoms with van der Waals surface area (Å²) in [6.45, 7) is 2.18. The Balaban J connectivity index is 1.88. The number of aldehydes is 1. The average molecular weight is 229 g/mol. The van der Waals surface area contributed by atoms with Crippen LogP contribution in [0.15, 0.2) is 24.3 Å². The van der Waals surface area contributed by atoms with E-state index in [2.05, 4.69) is 29.2 Å². The molecule has 1 aromatic rings. The highest BCUT2D eigenvalue weighted by molar-refractivity contribution is 5.68. The van der Waals surface area contributed by atoms with Gasteiger partial charge in [-0.2, -0.15) is 0 Å². The molecule has 0 spiro atoms. The lowest BCUT2D eigenvalue weighted by Gasteiger charge is -2.39.